The van der Waals surface area contributed by atoms with Crippen molar-refractivity contribution in [2.75, 3.05) is 12.4 Å². The Morgan fingerprint density at radius 3 is 2.47 bits per heavy atom. The van der Waals surface area contributed by atoms with E-state index in [-0.39, 0.29) is 11.4 Å². The monoisotopic (exact) mass is 271 g/mol. The summed E-state index contributed by atoms with van der Waals surface area (Å²) in [5.74, 6) is 5.80. The fourth-order valence-corrected chi connectivity index (χ4v) is 2.39. The van der Waals surface area contributed by atoms with E-state index in [9.17, 15) is 8.42 Å². The van der Waals surface area contributed by atoms with Gasteiger partial charge in [-0.15, -0.1) is 17.5 Å². The summed E-state index contributed by atoms with van der Waals surface area (Å²) in [5.41, 5.74) is 1.02. The van der Waals surface area contributed by atoms with Crippen LogP contribution in [0.15, 0.2) is 29.2 Å². The smallest absolute Gasteiger partial charge is 0.207 e. The zero-order valence-corrected chi connectivity index (χ0v) is 11.1. The van der Waals surface area contributed by atoms with E-state index >= 15 is 0 Å². The average Bonchev–Trinajstić information content (AvgIpc) is 2.30. The van der Waals surface area contributed by atoms with Gasteiger partial charge in [-0.05, 0) is 31.0 Å². The lowest BCUT2D eigenvalue weighted by atomic mass is 10.2. The minimum absolute atomic E-state index is 0.127. The van der Waals surface area contributed by atoms with Crippen LogP contribution in [0.4, 0.5) is 0 Å². The molecule has 0 unspecified atom stereocenters. The van der Waals surface area contributed by atoms with Gasteiger partial charge in [0.2, 0.25) is 10.0 Å². The molecule has 1 aromatic carbocycles. The first-order chi connectivity index (χ1) is 8.10. The van der Waals surface area contributed by atoms with E-state index in [0.29, 0.717) is 5.88 Å². The molecule has 0 bridgehead atoms. The van der Waals surface area contributed by atoms with Crippen LogP contribution in [0.3, 0.4) is 0 Å². The Hall–Kier alpha value is -1.02. The molecule has 0 aliphatic rings. The zero-order chi connectivity index (χ0) is 12.7. The molecule has 5 heteroatoms. The standard InChI is InChI=1S/C12H14ClNO2S/c1-2-3-10-14-17(15,16)12-6-4-11(5-7-12)8-9-13/h4-7,14H,8-10H2,1H3. The summed E-state index contributed by atoms with van der Waals surface area (Å²) in [4.78, 5) is 0.244. The molecule has 3 nitrogen and oxygen atoms in total. The lowest BCUT2D eigenvalue weighted by molar-refractivity contribution is 0.586. The first kappa shape index (κ1) is 14.0. The molecule has 0 aromatic heterocycles. The number of halogens is 1. The van der Waals surface area contributed by atoms with Crippen LogP contribution in [-0.2, 0) is 16.4 Å². The Kier molecular flexibility index (Phi) is 5.49. The van der Waals surface area contributed by atoms with Crippen molar-refractivity contribution in [1.29, 1.82) is 0 Å². The maximum absolute atomic E-state index is 11.8. The van der Waals surface area contributed by atoms with Crippen molar-refractivity contribution >= 4 is 21.6 Å². The van der Waals surface area contributed by atoms with Crippen molar-refractivity contribution in [2.24, 2.45) is 0 Å². The van der Waals surface area contributed by atoms with Crippen LogP contribution in [-0.4, -0.2) is 20.8 Å². The van der Waals surface area contributed by atoms with E-state index in [1.807, 2.05) is 0 Å². The molecule has 0 radical (unpaired) electrons. The highest BCUT2D eigenvalue weighted by Gasteiger charge is 2.11. The number of aryl methyl sites for hydroxylation is 1. The average molecular weight is 272 g/mol. The van der Waals surface area contributed by atoms with Crippen molar-refractivity contribution in [3.63, 3.8) is 0 Å². The predicted molar refractivity (Wildman–Crippen MR) is 69.5 cm³/mol. The normalized spacial score (nSPS) is 10.7. The first-order valence-corrected chi connectivity index (χ1v) is 7.16. The largest absolute Gasteiger partial charge is 0.241 e. The zero-order valence-electron chi connectivity index (χ0n) is 9.53. The molecular formula is C12H14ClNO2S. The third kappa shape index (κ3) is 4.39. The maximum atomic E-state index is 11.8. The Morgan fingerprint density at radius 2 is 1.94 bits per heavy atom. The summed E-state index contributed by atoms with van der Waals surface area (Å²) in [5, 5.41) is 0. The van der Waals surface area contributed by atoms with Crippen molar-refractivity contribution in [3.8, 4) is 11.8 Å². The van der Waals surface area contributed by atoms with Gasteiger partial charge in [0.1, 0.15) is 0 Å². The predicted octanol–water partition coefficient (Wildman–Crippen LogP) is 1.77. The van der Waals surface area contributed by atoms with Crippen LogP contribution < -0.4 is 4.72 Å². The summed E-state index contributed by atoms with van der Waals surface area (Å²) in [6.07, 6.45) is 0.733. The lowest BCUT2D eigenvalue weighted by Gasteiger charge is -2.04. The second-order valence-corrected chi connectivity index (χ2v) is 5.48. The van der Waals surface area contributed by atoms with E-state index in [4.69, 9.17) is 11.6 Å². The van der Waals surface area contributed by atoms with Gasteiger partial charge in [-0.2, -0.15) is 4.72 Å². The van der Waals surface area contributed by atoms with E-state index in [1.54, 1.807) is 31.2 Å². The number of rotatable bonds is 5. The summed E-state index contributed by atoms with van der Waals surface area (Å²) < 4.78 is 25.9. The Morgan fingerprint density at radius 1 is 1.29 bits per heavy atom. The molecule has 0 spiro atoms. The van der Waals surface area contributed by atoms with Gasteiger partial charge < -0.3 is 0 Å². The Bertz CT molecular complexity index is 512. The summed E-state index contributed by atoms with van der Waals surface area (Å²) in [6, 6.07) is 6.68. The van der Waals surface area contributed by atoms with E-state index < -0.39 is 10.0 Å². The molecular weight excluding hydrogens is 258 g/mol. The maximum Gasteiger partial charge on any atom is 0.241 e. The van der Waals surface area contributed by atoms with Crippen LogP contribution in [0.2, 0.25) is 0 Å². The Labute approximate surface area is 107 Å². The molecule has 1 N–H and O–H groups in total. The molecule has 1 aromatic rings. The Balaban J connectivity index is 2.80. The third-order valence-corrected chi connectivity index (χ3v) is 3.75. The van der Waals surface area contributed by atoms with Gasteiger partial charge in [-0.1, -0.05) is 18.1 Å². The molecule has 92 valence electrons. The van der Waals surface area contributed by atoms with Crippen LogP contribution in [0.1, 0.15) is 12.5 Å². The van der Waals surface area contributed by atoms with Gasteiger partial charge >= 0.3 is 0 Å². The van der Waals surface area contributed by atoms with Crippen LogP contribution in [0, 0.1) is 11.8 Å². The topological polar surface area (TPSA) is 46.2 Å². The molecule has 0 amide bonds. The number of alkyl halides is 1. The van der Waals surface area contributed by atoms with Gasteiger partial charge in [-0.25, -0.2) is 8.42 Å². The second kappa shape index (κ2) is 6.65. The summed E-state index contributed by atoms with van der Waals surface area (Å²) in [7, 11) is -3.45. The highest BCUT2D eigenvalue weighted by molar-refractivity contribution is 7.89. The number of nitrogens with one attached hydrogen (secondary N) is 1. The first-order valence-electron chi connectivity index (χ1n) is 5.14. The second-order valence-electron chi connectivity index (χ2n) is 3.33. The van der Waals surface area contributed by atoms with Gasteiger partial charge in [0.25, 0.3) is 0 Å². The third-order valence-electron chi connectivity index (χ3n) is 2.14. The molecule has 0 fully saturated rings. The highest BCUT2D eigenvalue weighted by atomic mass is 35.5. The van der Waals surface area contributed by atoms with Crippen molar-refractivity contribution in [2.45, 2.75) is 18.2 Å². The van der Waals surface area contributed by atoms with Crippen molar-refractivity contribution in [3.05, 3.63) is 29.8 Å². The van der Waals surface area contributed by atoms with Gasteiger partial charge in [0, 0.05) is 5.88 Å². The number of benzene rings is 1. The fourth-order valence-electron chi connectivity index (χ4n) is 1.25. The quantitative estimate of drug-likeness (QED) is 0.655. The van der Waals surface area contributed by atoms with Gasteiger partial charge in [-0.3, -0.25) is 0 Å². The fraction of sp³-hybridized carbons (Fsp3) is 0.333. The molecule has 17 heavy (non-hydrogen) atoms. The molecule has 0 saturated heterocycles. The number of sulfonamides is 1. The van der Waals surface area contributed by atoms with Crippen molar-refractivity contribution < 1.29 is 8.42 Å². The minimum Gasteiger partial charge on any atom is -0.207 e. The molecule has 1 rings (SSSR count). The van der Waals surface area contributed by atoms with Crippen LogP contribution in [0.25, 0.3) is 0 Å². The molecule has 0 saturated carbocycles. The number of hydrogen-bond donors (Lipinski definition) is 1. The number of hydrogen-bond acceptors (Lipinski definition) is 2. The molecule has 0 atom stereocenters. The SMILES string of the molecule is CC#CCNS(=O)(=O)c1ccc(CCCl)cc1. The molecule has 0 aliphatic carbocycles. The van der Waals surface area contributed by atoms with E-state index in [2.05, 4.69) is 16.6 Å². The lowest BCUT2D eigenvalue weighted by Crippen LogP contribution is -2.23. The highest BCUT2D eigenvalue weighted by Crippen LogP contribution is 2.11. The van der Waals surface area contributed by atoms with E-state index in [0.717, 1.165) is 12.0 Å². The van der Waals surface area contributed by atoms with Crippen molar-refractivity contribution in [1.82, 2.24) is 4.72 Å². The molecule has 0 aliphatic heterocycles. The molecule has 0 heterocycles. The van der Waals surface area contributed by atoms with Crippen LogP contribution >= 0.6 is 11.6 Å². The summed E-state index contributed by atoms with van der Waals surface area (Å²) in [6.45, 7) is 1.79. The van der Waals surface area contributed by atoms with Gasteiger partial charge in [0.15, 0.2) is 0 Å². The van der Waals surface area contributed by atoms with Crippen LogP contribution in [0.5, 0.6) is 0 Å². The van der Waals surface area contributed by atoms with Gasteiger partial charge in [0.05, 0.1) is 11.4 Å². The van der Waals surface area contributed by atoms with E-state index in [1.165, 1.54) is 0 Å². The minimum atomic E-state index is -3.45. The summed E-state index contributed by atoms with van der Waals surface area (Å²) >= 11 is 5.60.